The first kappa shape index (κ1) is 11.7. The summed E-state index contributed by atoms with van der Waals surface area (Å²) in [5.41, 5.74) is 6.43. The molecule has 0 unspecified atom stereocenters. The average Bonchev–Trinajstić information content (AvgIpc) is 2.01. The summed E-state index contributed by atoms with van der Waals surface area (Å²) in [6, 6.07) is 4.82. The third-order valence-corrected chi connectivity index (χ3v) is 3.04. The fraction of sp³-hybridized carbons (Fsp3) is 0.222. The molecule has 1 rings (SSSR count). The van der Waals surface area contributed by atoms with Crippen molar-refractivity contribution in [1.29, 1.82) is 0 Å². The zero-order chi connectivity index (χ0) is 10.7. The van der Waals surface area contributed by atoms with E-state index in [1.165, 1.54) is 0 Å². The van der Waals surface area contributed by atoms with Crippen LogP contribution in [0.25, 0.3) is 0 Å². The number of benzene rings is 1. The Hall–Kier alpha value is -0.330. The maximum atomic E-state index is 10.5. The Bertz CT molecular complexity index is 336. The van der Waals surface area contributed by atoms with Gasteiger partial charge < -0.3 is 10.8 Å². The van der Waals surface area contributed by atoms with Crippen molar-refractivity contribution in [2.45, 2.75) is 12.5 Å². The molecule has 0 aliphatic heterocycles. The Balaban J connectivity index is 2.99. The van der Waals surface area contributed by atoms with Crippen LogP contribution < -0.4 is 5.73 Å². The van der Waals surface area contributed by atoms with Gasteiger partial charge in [-0.05, 0) is 34.7 Å². The van der Waals surface area contributed by atoms with Gasteiger partial charge >= 0.3 is 5.97 Å². The number of hydrogen-bond donors (Lipinski definition) is 2. The lowest BCUT2D eigenvalue weighted by Crippen LogP contribution is -2.16. The van der Waals surface area contributed by atoms with Crippen LogP contribution in [0.15, 0.2) is 18.2 Å². The van der Waals surface area contributed by atoms with Crippen LogP contribution in [-0.4, -0.2) is 11.1 Å². The minimum atomic E-state index is -0.923. The Morgan fingerprint density at radius 2 is 2.29 bits per heavy atom. The van der Waals surface area contributed by atoms with E-state index in [9.17, 15) is 4.79 Å². The van der Waals surface area contributed by atoms with Crippen molar-refractivity contribution in [3.63, 3.8) is 0 Å². The predicted molar refractivity (Wildman–Crippen MR) is 63.4 cm³/mol. The summed E-state index contributed by atoms with van der Waals surface area (Å²) in [7, 11) is 0. The molecule has 0 aromatic heterocycles. The van der Waals surface area contributed by atoms with Crippen molar-refractivity contribution in [3.05, 3.63) is 32.4 Å². The van der Waals surface area contributed by atoms with Crippen LogP contribution in [-0.2, 0) is 4.79 Å². The minimum Gasteiger partial charge on any atom is -0.481 e. The summed E-state index contributed by atoms with van der Waals surface area (Å²) >= 11 is 8.02. The fourth-order valence-electron chi connectivity index (χ4n) is 1.16. The van der Waals surface area contributed by atoms with Gasteiger partial charge in [-0.15, -0.1) is 0 Å². The summed E-state index contributed by atoms with van der Waals surface area (Å²) in [6.07, 6.45) is -0.111. The summed E-state index contributed by atoms with van der Waals surface area (Å²) in [4.78, 5) is 10.5. The third-order valence-electron chi connectivity index (χ3n) is 1.77. The van der Waals surface area contributed by atoms with Gasteiger partial charge in [0.15, 0.2) is 0 Å². The molecule has 3 nitrogen and oxygen atoms in total. The molecule has 1 aromatic rings. The van der Waals surface area contributed by atoms with E-state index >= 15 is 0 Å². The van der Waals surface area contributed by atoms with Crippen LogP contribution >= 0.6 is 34.2 Å². The van der Waals surface area contributed by atoms with E-state index in [1.54, 1.807) is 12.1 Å². The molecular weight excluding hydrogens is 316 g/mol. The molecule has 0 spiro atoms. The standard InChI is InChI=1S/C9H9ClINO2/c10-5-2-1-3-6(11)9(5)7(12)4-8(13)14/h1-3,7H,4,12H2,(H,13,14)/t7-/m1/s1. The maximum Gasteiger partial charge on any atom is 0.305 e. The molecule has 76 valence electrons. The van der Waals surface area contributed by atoms with Crippen molar-refractivity contribution in [1.82, 2.24) is 0 Å². The second kappa shape index (κ2) is 4.95. The quantitative estimate of drug-likeness (QED) is 0.839. The van der Waals surface area contributed by atoms with Crippen LogP contribution in [0.2, 0.25) is 5.02 Å². The van der Waals surface area contributed by atoms with E-state index in [2.05, 4.69) is 22.6 Å². The molecule has 5 heteroatoms. The topological polar surface area (TPSA) is 63.3 Å². The Morgan fingerprint density at radius 1 is 1.64 bits per heavy atom. The average molecular weight is 326 g/mol. The third kappa shape index (κ3) is 2.83. The van der Waals surface area contributed by atoms with Gasteiger partial charge in [0.25, 0.3) is 0 Å². The Kier molecular flexibility index (Phi) is 4.15. The highest BCUT2D eigenvalue weighted by molar-refractivity contribution is 14.1. The van der Waals surface area contributed by atoms with E-state index in [0.717, 1.165) is 3.57 Å². The zero-order valence-corrected chi connectivity index (χ0v) is 10.1. The number of carboxylic acids is 1. The Morgan fingerprint density at radius 3 is 2.79 bits per heavy atom. The number of halogens is 2. The normalized spacial score (nSPS) is 12.5. The van der Waals surface area contributed by atoms with Gasteiger partial charge in [-0.3, -0.25) is 4.79 Å². The molecule has 0 bridgehead atoms. The lowest BCUT2D eigenvalue weighted by Gasteiger charge is -2.13. The molecule has 14 heavy (non-hydrogen) atoms. The summed E-state index contributed by atoms with van der Waals surface area (Å²) < 4.78 is 0.892. The van der Waals surface area contributed by atoms with Gasteiger partial charge in [-0.2, -0.15) is 0 Å². The second-order valence-electron chi connectivity index (χ2n) is 2.84. The summed E-state index contributed by atoms with van der Waals surface area (Å²) in [5, 5.41) is 9.12. The van der Waals surface area contributed by atoms with Crippen LogP contribution in [0, 0.1) is 3.57 Å². The van der Waals surface area contributed by atoms with E-state index < -0.39 is 12.0 Å². The summed E-state index contributed by atoms with van der Waals surface area (Å²) in [5.74, 6) is -0.923. The first-order chi connectivity index (χ1) is 6.52. The predicted octanol–water partition coefficient (Wildman–Crippen LogP) is 2.42. The largest absolute Gasteiger partial charge is 0.481 e. The van der Waals surface area contributed by atoms with Crippen molar-refractivity contribution >= 4 is 40.2 Å². The number of aliphatic carboxylic acids is 1. The molecule has 3 N–H and O–H groups in total. The first-order valence-corrected chi connectivity index (χ1v) is 5.39. The molecule has 0 saturated carbocycles. The minimum absolute atomic E-state index is 0.111. The number of carbonyl (C=O) groups is 1. The number of hydrogen-bond acceptors (Lipinski definition) is 2. The van der Waals surface area contributed by atoms with Crippen LogP contribution in [0.5, 0.6) is 0 Å². The van der Waals surface area contributed by atoms with E-state index in [-0.39, 0.29) is 6.42 Å². The van der Waals surface area contributed by atoms with Crippen molar-refractivity contribution in [3.8, 4) is 0 Å². The van der Waals surface area contributed by atoms with Gasteiger partial charge in [0.2, 0.25) is 0 Å². The SMILES string of the molecule is N[C@H](CC(=O)O)c1c(Cl)cccc1I. The molecule has 1 atom stereocenters. The van der Waals surface area contributed by atoms with Gasteiger partial charge in [0.05, 0.1) is 6.42 Å². The molecule has 1 aromatic carbocycles. The molecule has 0 amide bonds. The molecule has 0 saturated heterocycles. The van der Waals surface area contributed by atoms with Crippen molar-refractivity contribution < 1.29 is 9.90 Å². The highest BCUT2D eigenvalue weighted by Crippen LogP contribution is 2.28. The maximum absolute atomic E-state index is 10.5. The van der Waals surface area contributed by atoms with Crippen molar-refractivity contribution in [2.75, 3.05) is 0 Å². The lowest BCUT2D eigenvalue weighted by molar-refractivity contribution is -0.137. The number of rotatable bonds is 3. The van der Waals surface area contributed by atoms with Crippen LogP contribution in [0.1, 0.15) is 18.0 Å². The van der Waals surface area contributed by atoms with E-state index in [1.807, 2.05) is 6.07 Å². The first-order valence-electron chi connectivity index (χ1n) is 3.93. The lowest BCUT2D eigenvalue weighted by atomic mass is 10.1. The highest BCUT2D eigenvalue weighted by atomic mass is 127. The van der Waals surface area contributed by atoms with Gasteiger partial charge in [-0.1, -0.05) is 17.7 Å². The van der Waals surface area contributed by atoms with Gasteiger partial charge in [0, 0.05) is 20.2 Å². The van der Waals surface area contributed by atoms with Crippen molar-refractivity contribution in [2.24, 2.45) is 5.73 Å². The van der Waals surface area contributed by atoms with Gasteiger partial charge in [0.1, 0.15) is 0 Å². The summed E-state index contributed by atoms with van der Waals surface area (Å²) in [6.45, 7) is 0. The molecule has 0 aliphatic rings. The van der Waals surface area contributed by atoms with Crippen LogP contribution in [0.3, 0.4) is 0 Å². The molecule has 0 fully saturated rings. The van der Waals surface area contributed by atoms with E-state index in [0.29, 0.717) is 10.6 Å². The number of nitrogens with two attached hydrogens (primary N) is 1. The molecular formula is C9H9ClINO2. The Labute approximate surface area is 100 Å². The monoisotopic (exact) mass is 325 g/mol. The van der Waals surface area contributed by atoms with E-state index in [4.69, 9.17) is 22.4 Å². The molecule has 0 radical (unpaired) electrons. The smallest absolute Gasteiger partial charge is 0.305 e. The second-order valence-corrected chi connectivity index (χ2v) is 4.41. The fourth-order valence-corrected chi connectivity index (χ4v) is 2.53. The van der Waals surface area contributed by atoms with Gasteiger partial charge in [-0.25, -0.2) is 0 Å². The highest BCUT2D eigenvalue weighted by Gasteiger charge is 2.16. The molecule has 0 heterocycles. The molecule has 0 aliphatic carbocycles. The van der Waals surface area contributed by atoms with Crippen LogP contribution in [0.4, 0.5) is 0 Å². The number of carboxylic acid groups (broad SMARTS) is 1. The zero-order valence-electron chi connectivity index (χ0n) is 7.21.